The number of benzene rings is 1. The molecule has 0 fully saturated rings. The van der Waals surface area contributed by atoms with Gasteiger partial charge in [-0.25, -0.2) is 0 Å². The Kier molecular flexibility index (Phi) is 4.39. The van der Waals surface area contributed by atoms with Gasteiger partial charge in [-0.15, -0.1) is 0 Å². The summed E-state index contributed by atoms with van der Waals surface area (Å²) >= 11 is 0. The first-order chi connectivity index (χ1) is 7.13. The largest absolute Gasteiger partial charge is 0.394 e. The van der Waals surface area contributed by atoms with Gasteiger partial charge in [-0.2, -0.15) is 0 Å². The number of nitrogens with zero attached hydrogens (tertiary/aromatic N) is 1. The molecule has 0 spiro atoms. The molecule has 15 heavy (non-hydrogen) atoms. The highest BCUT2D eigenvalue weighted by atomic mass is 16.3. The fourth-order valence-corrected chi connectivity index (χ4v) is 1.18. The molecule has 1 aromatic carbocycles. The molecule has 4 nitrogen and oxygen atoms in total. The van der Waals surface area contributed by atoms with Gasteiger partial charge in [-0.1, -0.05) is 0 Å². The van der Waals surface area contributed by atoms with E-state index in [-0.39, 0.29) is 6.61 Å². The Morgan fingerprint density at radius 2 is 1.87 bits per heavy atom. The third-order valence-corrected chi connectivity index (χ3v) is 2.14. The summed E-state index contributed by atoms with van der Waals surface area (Å²) in [5.74, 6) is 0. The molecule has 0 unspecified atom stereocenters. The van der Waals surface area contributed by atoms with E-state index in [1.807, 2.05) is 43.3 Å². The SMILES string of the molecule is CN(C)c1ccc(NC[C@H](O)CO)cc1. The monoisotopic (exact) mass is 210 g/mol. The van der Waals surface area contributed by atoms with Gasteiger partial charge in [0.2, 0.25) is 0 Å². The van der Waals surface area contributed by atoms with Crippen molar-refractivity contribution in [3.8, 4) is 0 Å². The van der Waals surface area contributed by atoms with Gasteiger partial charge in [-0.05, 0) is 24.3 Å². The maximum atomic E-state index is 9.14. The smallest absolute Gasteiger partial charge is 0.0942 e. The van der Waals surface area contributed by atoms with Gasteiger partial charge in [0.1, 0.15) is 0 Å². The van der Waals surface area contributed by atoms with Crippen molar-refractivity contribution in [3.05, 3.63) is 24.3 Å². The van der Waals surface area contributed by atoms with Crippen LogP contribution in [0.2, 0.25) is 0 Å². The highest BCUT2D eigenvalue weighted by Crippen LogP contribution is 2.15. The van der Waals surface area contributed by atoms with E-state index in [1.165, 1.54) is 0 Å². The van der Waals surface area contributed by atoms with E-state index in [9.17, 15) is 0 Å². The van der Waals surface area contributed by atoms with Gasteiger partial charge < -0.3 is 20.4 Å². The molecule has 3 N–H and O–H groups in total. The van der Waals surface area contributed by atoms with E-state index in [0.717, 1.165) is 11.4 Å². The van der Waals surface area contributed by atoms with Crippen LogP contribution in [0.15, 0.2) is 24.3 Å². The minimum Gasteiger partial charge on any atom is -0.394 e. The maximum Gasteiger partial charge on any atom is 0.0942 e. The molecule has 0 aliphatic carbocycles. The topological polar surface area (TPSA) is 55.7 Å². The summed E-state index contributed by atoms with van der Waals surface area (Å²) in [7, 11) is 3.97. The normalized spacial score (nSPS) is 12.3. The molecule has 1 aromatic rings. The van der Waals surface area contributed by atoms with Gasteiger partial charge in [0.25, 0.3) is 0 Å². The minimum atomic E-state index is -0.710. The summed E-state index contributed by atoms with van der Waals surface area (Å²) in [6.07, 6.45) is -0.710. The van der Waals surface area contributed by atoms with E-state index in [0.29, 0.717) is 6.54 Å². The fraction of sp³-hybridized carbons (Fsp3) is 0.455. The average Bonchev–Trinajstić information content (AvgIpc) is 2.26. The quantitative estimate of drug-likeness (QED) is 0.663. The zero-order valence-electron chi connectivity index (χ0n) is 9.14. The molecule has 1 atom stereocenters. The Hall–Kier alpha value is -1.26. The van der Waals surface area contributed by atoms with E-state index < -0.39 is 6.10 Å². The molecule has 0 aliphatic heterocycles. The second-order valence-electron chi connectivity index (χ2n) is 3.66. The van der Waals surface area contributed by atoms with Crippen molar-refractivity contribution in [2.45, 2.75) is 6.10 Å². The molecule has 0 bridgehead atoms. The number of hydrogen-bond donors (Lipinski definition) is 3. The standard InChI is InChI=1S/C11H18N2O2/c1-13(2)10-5-3-9(4-6-10)12-7-11(15)8-14/h3-6,11-12,14-15H,7-8H2,1-2H3/t11-/m0/s1. The lowest BCUT2D eigenvalue weighted by molar-refractivity contribution is 0.105. The Bertz CT molecular complexity index is 285. The maximum absolute atomic E-state index is 9.14. The molecule has 0 aliphatic rings. The predicted octanol–water partition coefficient (Wildman–Crippen LogP) is 0.518. The van der Waals surface area contributed by atoms with Crippen LogP contribution in [0.25, 0.3) is 0 Å². The Labute approximate surface area is 90.2 Å². The Balaban J connectivity index is 2.50. The summed E-state index contributed by atoms with van der Waals surface area (Å²) in [5.41, 5.74) is 2.07. The third-order valence-electron chi connectivity index (χ3n) is 2.14. The van der Waals surface area contributed by atoms with Crippen molar-refractivity contribution in [1.29, 1.82) is 0 Å². The summed E-state index contributed by atoms with van der Waals surface area (Å²) < 4.78 is 0. The van der Waals surface area contributed by atoms with E-state index in [4.69, 9.17) is 10.2 Å². The van der Waals surface area contributed by atoms with Crippen molar-refractivity contribution in [3.63, 3.8) is 0 Å². The highest BCUT2D eigenvalue weighted by molar-refractivity contribution is 5.54. The molecule has 4 heteroatoms. The second kappa shape index (κ2) is 5.58. The van der Waals surface area contributed by atoms with Crippen LogP contribution in [0.5, 0.6) is 0 Å². The van der Waals surface area contributed by atoms with Crippen LogP contribution in [0, 0.1) is 0 Å². The van der Waals surface area contributed by atoms with Crippen molar-refractivity contribution < 1.29 is 10.2 Å². The van der Waals surface area contributed by atoms with Crippen LogP contribution in [0.4, 0.5) is 11.4 Å². The van der Waals surface area contributed by atoms with Crippen molar-refractivity contribution in [2.24, 2.45) is 0 Å². The van der Waals surface area contributed by atoms with Crippen molar-refractivity contribution >= 4 is 11.4 Å². The van der Waals surface area contributed by atoms with E-state index in [1.54, 1.807) is 0 Å². The molecule has 0 saturated heterocycles. The van der Waals surface area contributed by atoms with Crippen LogP contribution >= 0.6 is 0 Å². The molecule has 0 amide bonds. The van der Waals surface area contributed by atoms with Crippen molar-refractivity contribution in [1.82, 2.24) is 0 Å². The summed E-state index contributed by atoms with van der Waals surface area (Å²) in [4.78, 5) is 2.02. The third kappa shape index (κ3) is 3.77. The lowest BCUT2D eigenvalue weighted by atomic mass is 10.2. The fourth-order valence-electron chi connectivity index (χ4n) is 1.18. The molecular formula is C11H18N2O2. The first kappa shape index (κ1) is 11.8. The van der Waals surface area contributed by atoms with Gasteiger partial charge in [0, 0.05) is 32.0 Å². The van der Waals surface area contributed by atoms with Crippen LogP contribution in [-0.2, 0) is 0 Å². The number of aliphatic hydroxyl groups excluding tert-OH is 2. The van der Waals surface area contributed by atoms with Gasteiger partial charge in [0.15, 0.2) is 0 Å². The molecule has 0 radical (unpaired) electrons. The summed E-state index contributed by atoms with van der Waals surface area (Å²) in [5, 5.41) is 20.8. The van der Waals surface area contributed by atoms with Gasteiger partial charge >= 0.3 is 0 Å². The molecule has 0 saturated carbocycles. The van der Waals surface area contributed by atoms with E-state index >= 15 is 0 Å². The number of nitrogens with one attached hydrogen (secondary N) is 1. The number of rotatable bonds is 5. The van der Waals surface area contributed by atoms with Crippen LogP contribution < -0.4 is 10.2 Å². The molecule has 84 valence electrons. The Morgan fingerprint density at radius 1 is 1.27 bits per heavy atom. The first-order valence-corrected chi connectivity index (χ1v) is 4.93. The lowest BCUT2D eigenvalue weighted by Gasteiger charge is -2.14. The Morgan fingerprint density at radius 3 is 2.33 bits per heavy atom. The zero-order chi connectivity index (χ0) is 11.3. The minimum absolute atomic E-state index is 0.219. The second-order valence-corrected chi connectivity index (χ2v) is 3.66. The average molecular weight is 210 g/mol. The van der Waals surface area contributed by atoms with E-state index in [2.05, 4.69) is 5.32 Å². The molecular weight excluding hydrogens is 192 g/mol. The van der Waals surface area contributed by atoms with Crippen molar-refractivity contribution in [2.75, 3.05) is 37.5 Å². The number of anilines is 2. The highest BCUT2D eigenvalue weighted by Gasteiger charge is 2.01. The first-order valence-electron chi connectivity index (χ1n) is 4.93. The molecule has 0 aromatic heterocycles. The van der Waals surface area contributed by atoms with Crippen LogP contribution in [0.1, 0.15) is 0 Å². The van der Waals surface area contributed by atoms with Gasteiger partial charge in [0.05, 0.1) is 12.7 Å². The predicted molar refractivity (Wildman–Crippen MR) is 62.4 cm³/mol. The summed E-state index contributed by atoms with van der Waals surface area (Å²) in [6.45, 7) is 0.139. The van der Waals surface area contributed by atoms with Gasteiger partial charge in [-0.3, -0.25) is 0 Å². The van der Waals surface area contributed by atoms with Crippen LogP contribution in [0.3, 0.4) is 0 Å². The zero-order valence-corrected chi connectivity index (χ0v) is 9.14. The lowest BCUT2D eigenvalue weighted by Crippen LogP contribution is -2.22. The molecule has 0 heterocycles. The number of hydrogen-bond acceptors (Lipinski definition) is 4. The van der Waals surface area contributed by atoms with Crippen LogP contribution in [-0.4, -0.2) is 43.6 Å². The number of aliphatic hydroxyl groups is 2. The molecule has 1 rings (SSSR count). The summed E-state index contributed by atoms with van der Waals surface area (Å²) in [6, 6.07) is 7.88.